The molecule has 0 fully saturated rings. The molecule has 2 aromatic rings. The van der Waals surface area contributed by atoms with Crippen LogP contribution in [0.1, 0.15) is 24.0 Å². The average Bonchev–Trinajstić information content (AvgIpc) is 2.78. The molecule has 0 atom stereocenters. The number of ether oxygens (including phenoxy) is 2. The average molecular weight is 325 g/mol. The van der Waals surface area contributed by atoms with E-state index >= 15 is 0 Å². The molecule has 3 rings (SSSR count). The van der Waals surface area contributed by atoms with Crippen LogP contribution in [0.4, 0.5) is 0 Å². The van der Waals surface area contributed by atoms with Gasteiger partial charge in [-0.25, -0.2) is 0 Å². The van der Waals surface area contributed by atoms with Crippen molar-refractivity contribution in [2.45, 2.75) is 25.8 Å². The Morgan fingerprint density at radius 1 is 0.958 bits per heavy atom. The molecule has 2 aromatic carbocycles. The molecule has 0 bridgehead atoms. The van der Waals surface area contributed by atoms with Crippen LogP contribution in [-0.2, 0) is 17.8 Å². The van der Waals surface area contributed by atoms with E-state index in [0.29, 0.717) is 26.1 Å². The van der Waals surface area contributed by atoms with Gasteiger partial charge in [-0.15, -0.1) is 0 Å². The number of methoxy groups -OCH3 is 1. The lowest BCUT2D eigenvalue weighted by Gasteiger charge is -2.21. The van der Waals surface area contributed by atoms with Crippen molar-refractivity contribution in [3.05, 3.63) is 59.7 Å². The third-order valence-corrected chi connectivity index (χ3v) is 4.34. The topological polar surface area (TPSA) is 38.8 Å². The number of aryl methyl sites for hydroxylation is 1. The van der Waals surface area contributed by atoms with Gasteiger partial charge in [-0.2, -0.15) is 0 Å². The molecule has 0 N–H and O–H groups in total. The molecule has 0 saturated carbocycles. The van der Waals surface area contributed by atoms with Crippen LogP contribution in [0, 0.1) is 0 Å². The lowest BCUT2D eigenvalue weighted by atomic mass is 10.0. The standard InChI is InChI=1S/C20H23NO3/c1-23-18-9-4-5-10-19(18)24-14-6-13-21-15-17-8-3-2-7-16(17)11-12-20(21)22/h2-5,7-10H,6,11-15H2,1H3. The molecule has 24 heavy (non-hydrogen) atoms. The van der Waals surface area contributed by atoms with Gasteiger partial charge in [0.15, 0.2) is 11.5 Å². The summed E-state index contributed by atoms with van der Waals surface area (Å²) >= 11 is 0. The van der Waals surface area contributed by atoms with Gasteiger partial charge in [0.1, 0.15) is 0 Å². The highest BCUT2D eigenvalue weighted by molar-refractivity contribution is 5.77. The Kier molecular flexibility index (Phi) is 5.36. The van der Waals surface area contributed by atoms with Crippen LogP contribution in [0.25, 0.3) is 0 Å². The Hall–Kier alpha value is -2.49. The molecule has 4 nitrogen and oxygen atoms in total. The predicted octanol–water partition coefficient (Wildman–Crippen LogP) is 3.44. The van der Waals surface area contributed by atoms with E-state index in [2.05, 4.69) is 12.1 Å². The number of rotatable bonds is 6. The fraction of sp³-hybridized carbons (Fsp3) is 0.350. The summed E-state index contributed by atoms with van der Waals surface area (Å²) in [6, 6.07) is 15.9. The Morgan fingerprint density at radius 2 is 1.67 bits per heavy atom. The highest BCUT2D eigenvalue weighted by Crippen LogP contribution is 2.26. The van der Waals surface area contributed by atoms with E-state index in [0.717, 1.165) is 24.3 Å². The molecule has 0 unspecified atom stereocenters. The zero-order valence-electron chi connectivity index (χ0n) is 14.0. The van der Waals surface area contributed by atoms with Crippen LogP contribution in [0.15, 0.2) is 48.5 Å². The zero-order valence-corrected chi connectivity index (χ0v) is 14.0. The van der Waals surface area contributed by atoms with E-state index in [4.69, 9.17) is 9.47 Å². The fourth-order valence-corrected chi connectivity index (χ4v) is 3.03. The van der Waals surface area contributed by atoms with Gasteiger partial charge < -0.3 is 14.4 Å². The molecule has 4 heteroatoms. The first-order chi connectivity index (χ1) is 11.8. The summed E-state index contributed by atoms with van der Waals surface area (Å²) in [6.07, 6.45) is 2.22. The van der Waals surface area contributed by atoms with Gasteiger partial charge in [-0.3, -0.25) is 4.79 Å². The van der Waals surface area contributed by atoms with Crippen molar-refractivity contribution < 1.29 is 14.3 Å². The molecule has 0 radical (unpaired) electrons. The first-order valence-electron chi connectivity index (χ1n) is 8.38. The van der Waals surface area contributed by atoms with Gasteiger partial charge in [-0.1, -0.05) is 36.4 Å². The van der Waals surface area contributed by atoms with Crippen LogP contribution >= 0.6 is 0 Å². The number of para-hydroxylation sites is 2. The molecule has 0 spiro atoms. The van der Waals surface area contributed by atoms with E-state index in [1.165, 1.54) is 11.1 Å². The van der Waals surface area contributed by atoms with Crippen molar-refractivity contribution in [1.82, 2.24) is 4.90 Å². The van der Waals surface area contributed by atoms with E-state index in [9.17, 15) is 4.79 Å². The highest BCUT2D eigenvalue weighted by atomic mass is 16.5. The largest absolute Gasteiger partial charge is 0.493 e. The lowest BCUT2D eigenvalue weighted by Crippen LogP contribution is -2.31. The van der Waals surface area contributed by atoms with Crippen molar-refractivity contribution in [1.29, 1.82) is 0 Å². The number of fused-ring (bicyclic) bond motifs is 1. The number of carbonyl (C=O) groups excluding carboxylic acids is 1. The van der Waals surface area contributed by atoms with Crippen LogP contribution in [0.3, 0.4) is 0 Å². The van der Waals surface area contributed by atoms with Crippen LogP contribution in [0.2, 0.25) is 0 Å². The Balaban J connectivity index is 1.53. The van der Waals surface area contributed by atoms with Crippen LogP contribution in [-0.4, -0.2) is 31.1 Å². The van der Waals surface area contributed by atoms with Gasteiger partial charge in [0.05, 0.1) is 13.7 Å². The Bertz CT molecular complexity index is 699. The zero-order chi connectivity index (χ0) is 16.8. The van der Waals surface area contributed by atoms with Gasteiger partial charge in [0, 0.05) is 19.5 Å². The highest BCUT2D eigenvalue weighted by Gasteiger charge is 2.19. The number of nitrogens with zero attached hydrogens (tertiary/aromatic N) is 1. The van der Waals surface area contributed by atoms with Crippen molar-refractivity contribution >= 4 is 5.91 Å². The molecule has 1 heterocycles. The maximum atomic E-state index is 12.3. The van der Waals surface area contributed by atoms with Crippen molar-refractivity contribution in [2.24, 2.45) is 0 Å². The SMILES string of the molecule is COc1ccccc1OCCCN1Cc2ccccc2CCC1=O. The molecule has 1 amide bonds. The second-order valence-electron chi connectivity index (χ2n) is 5.94. The minimum atomic E-state index is 0.225. The van der Waals surface area contributed by atoms with Crippen molar-refractivity contribution in [3.63, 3.8) is 0 Å². The molecule has 1 aliphatic rings. The molecule has 0 aromatic heterocycles. The second kappa shape index (κ2) is 7.86. The maximum Gasteiger partial charge on any atom is 0.223 e. The normalized spacial score (nSPS) is 14.0. The second-order valence-corrected chi connectivity index (χ2v) is 5.94. The predicted molar refractivity (Wildman–Crippen MR) is 93.3 cm³/mol. The van der Waals surface area contributed by atoms with Gasteiger partial charge in [0.25, 0.3) is 0 Å². The molecule has 0 saturated heterocycles. The maximum absolute atomic E-state index is 12.3. The Labute approximate surface area is 143 Å². The summed E-state index contributed by atoms with van der Waals surface area (Å²) < 4.78 is 11.1. The molecular weight excluding hydrogens is 302 g/mol. The summed E-state index contributed by atoms with van der Waals surface area (Å²) in [5.74, 6) is 1.70. The van der Waals surface area contributed by atoms with Crippen molar-refractivity contribution in [2.75, 3.05) is 20.3 Å². The lowest BCUT2D eigenvalue weighted by molar-refractivity contribution is -0.131. The fourth-order valence-electron chi connectivity index (χ4n) is 3.03. The molecule has 126 valence electrons. The monoisotopic (exact) mass is 325 g/mol. The van der Waals surface area contributed by atoms with E-state index in [-0.39, 0.29) is 5.91 Å². The van der Waals surface area contributed by atoms with E-state index < -0.39 is 0 Å². The summed E-state index contributed by atoms with van der Waals surface area (Å²) in [6.45, 7) is 1.97. The molecular formula is C20H23NO3. The smallest absolute Gasteiger partial charge is 0.223 e. The minimum Gasteiger partial charge on any atom is -0.493 e. The first kappa shape index (κ1) is 16.4. The van der Waals surface area contributed by atoms with E-state index in [1.807, 2.05) is 41.3 Å². The quantitative estimate of drug-likeness (QED) is 0.764. The number of amides is 1. The third-order valence-electron chi connectivity index (χ3n) is 4.34. The summed E-state index contributed by atoms with van der Waals surface area (Å²) in [5, 5.41) is 0. The summed E-state index contributed by atoms with van der Waals surface area (Å²) in [4.78, 5) is 14.3. The first-order valence-corrected chi connectivity index (χ1v) is 8.38. The summed E-state index contributed by atoms with van der Waals surface area (Å²) in [5.41, 5.74) is 2.55. The number of hydrogen-bond donors (Lipinski definition) is 0. The number of hydrogen-bond acceptors (Lipinski definition) is 3. The number of carbonyl (C=O) groups is 1. The van der Waals surface area contributed by atoms with Crippen LogP contribution < -0.4 is 9.47 Å². The third kappa shape index (κ3) is 3.88. The molecule has 1 aliphatic heterocycles. The number of benzene rings is 2. The Morgan fingerprint density at radius 3 is 2.46 bits per heavy atom. The minimum absolute atomic E-state index is 0.225. The summed E-state index contributed by atoms with van der Waals surface area (Å²) in [7, 11) is 1.63. The van der Waals surface area contributed by atoms with Gasteiger partial charge in [0.2, 0.25) is 5.91 Å². The van der Waals surface area contributed by atoms with Crippen LogP contribution in [0.5, 0.6) is 11.5 Å². The van der Waals surface area contributed by atoms with Crippen molar-refractivity contribution in [3.8, 4) is 11.5 Å². The molecule has 0 aliphatic carbocycles. The van der Waals surface area contributed by atoms with Gasteiger partial charge >= 0.3 is 0 Å². The van der Waals surface area contributed by atoms with E-state index in [1.54, 1.807) is 7.11 Å². The van der Waals surface area contributed by atoms with Gasteiger partial charge in [-0.05, 0) is 36.1 Å².